The van der Waals surface area contributed by atoms with Crippen molar-refractivity contribution in [3.8, 4) is 11.1 Å². The molecule has 2 aromatic carbocycles. The lowest BCUT2D eigenvalue weighted by molar-refractivity contribution is -0.133. The zero-order valence-corrected chi connectivity index (χ0v) is 21.1. The van der Waals surface area contributed by atoms with Gasteiger partial charge in [0.1, 0.15) is 18.5 Å². The molecule has 3 amide bonds. The fourth-order valence-electron chi connectivity index (χ4n) is 5.45. The number of urea groups is 1. The topological polar surface area (TPSA) is 83.4 Å². The van der Waals surface area contributed by atoms with Crippen LogP contribution in [0.25, 0.3) is 22.2 Å². The number of amides is 3. The molecule has 4 heterocycles. The van der Waals surface area contributed by atoms with E-state index in [4.69, 9.17) is 11.6 Å². The number of aromatic nitrogens is 3. The van der Waals surface area contributed by atoms with Crippen LogP contribution in [0.2, 0.25) is 5.02 Å². The zero-order valence-electron chi connectivity index (χ0n) is 20.3. The summed E-state index contributed by atoms with van der Waals surface area (Å²) in [6.07, 6.45) is 7.53. The van der Waals surface area contributed by atoms with Gasteiger partial charge in [-0.05, 0) is 37.0 Å². The molecular formula is C28H27ClN6O2. The lowest BCUT2D eigenvalue weighted by Crippen LogP contribution is -2.50. The summed E-state index contributed by atoms with van der Waals surface area (Å²) < 4.78 is 1.88. The molecule has 1 saturated heterocycles. The molecule has 0 saturated carbocycles. The Labute approximate surface area is 219 Å². The van der Waals surface area contributed by atoms with Gasteiger partial charge in [0.25, 0.3) is 0 Å². The fourth-order valence-corrected chi connectivity index (χ4v) is 5.69. The highest BCUT2D eigenvalue weighted by Gasteiger charge is 2.31. The second kappa shape index (κ2) is 9.86. The second-order valence-corrected chi connectivity index (χ2v) is 9.96. The number of carbonyl (C=O) groups is 2. The standard InChI is InChI=1S/C28H27ClN6O2/c29-24-7-3-2-6-21(24)23-16-34(27-22(23)15-30-18-31-27)17-26(36)33-12-10-20(11-13-33)35-14-9-19-5-1-4-8-25(19)32-28(35)37/h1-8,15-16,18,20H,9-14,17H2,(H,32,37). The maximum Gasteiger partial charge on any atom is 0.322 e. The van der Waals surface area contributed by atoms with Gasteiger partial charge in [-0.25, -0.2) is 14.8 Å². The third-order valence-corrected chi connectivity index (χ3v) is 7.74. The SMILES string of the molecule is O=C(Cn1cc(-c2ccccc2Cl)c2cncnc21)N1CCC(N2CCc3ccccc3NC2=O)CC1. The van der Waals surface area contributed by atoms with E-state index in [9.17, 15) is 9.59 Å². The Kier molecular flexibility index (Phi) is 6.26. The Morgan fingerprint density at radius 3 is 2.65 bits per heavy atom. The number of nitrogens with one attached hydrogen (secondary N) is 1. The first-order chi connectivity index (χ1) is 18.1. The lowest BCUT2D eigenvalue weighted by Gasteiger charge is -2.38. The van der Waals surface area contributed by atoms with Crippen LogP contribution in [-0.4, -0.2) is 61.9 Å². The van der Waals surface area contributed by atoms with Crippen molar-refractivity contribution in [1.29, 1.82) is 0 Å². The Hall–Kier alpha value is -3.91. The second-order valence-electron chi connectivity index (χ2n) is 9.55. The van der Waals surface area contributed by atoms with Crippen LogP contribution in [0, 0.1) is 0 Å². The Bertz CT molecular complexity index is 1480. The summed E-state index contributed by atoms with van der Waals surface area (Å²) in [5.74, 6) is 0.0346. The smallest absolute Gasteiger partial charge is 0.322 e. The van der Waals surface area contributed by atoms with Crippen molar-refractivity contribution in [2.45, 2.75) is 31.8 Å². The summed E-state index contributed by atoms with van der Waals surface area (Å²) in [5.41, 5.74) is 4.54. The molecule has 0 atom stereocenters. The lowest BCUT2D eigenvalue weighted by atomic mass is 10.0. The number of piperidine rings is 1. The predicted octanol–water partition coefficient (Wildman–Crippen LogP) is 4.83. The number of rotatable bonds is 4. The van der Waals surface area contributed by atoms with Gasteiger partial charge in [0, 0.05) is 65.3 Å². The molecule has 6 rings (SSSR count). The van der Waals surface area contributed by atoms with Crippen molar-refractivity contribution in [3.05, 3.63) is 77.8 Å². The van der Waals surface area contributed by atoms with Crippen LogP contribution in [0.1, 0.15) is 18.4 Å². The minimum Gasteiger partial charge on any atom is -0.341 e. The van der Waals surface area contributed by atoms with Gasteiger partial charge in [-0.15, -0.1) is 0 Å². The number of hydrogen-bond donors (Lipinski definition) is 1. The van der Waals surface area contributed by atoms with Gasteiger partial charge in [0.05, 0.1) is 0 Å². The summed E-state index contributed by atoms with van der Waals surface area (Å²) >= 11 is 6.46. The van der Waals surface area contributed by atoms with Crippen LogP contribution >= 0.6 is 11.6 Å². The molecule has 0 unspecified atom stereocenters. The van der Waals surface area contributed by atoms with Crippen molar-refractivity contribution in [2.75, 3.05) is 25.0 Å². The molecule has 2 aliphatic rings. The Morgan fingerprint density at radius 2 is 1.81 bits per heavy atom. The Morgan fingerprint density at radius 1 is 1.03 bits per heavy atom. The van der Waals surface area contributed by atoms with E-state index >= 15 is 0 Å². The molecule has 0 aliphatic carbocycles. The van der Waals surface area contributed by atoms with Crippen molar-refractivity contribution < 1.29 is 9.59 Å². The minimum atomic E-state index is -0.0553. The number of para-hydroxylation sites is 1. The minimum absolute atomic E-state index is 0.0346. The van der Waals surface area contributed by atoms with Gasteiger partial charge in [0.2, 0.25) is 5.91 Å². The first kappa shape index (κ1) is 23.5. The Balaban J connectivity index is 1.14. The highest BCUT2D eigenvalue weighted by atomic mass is 35.5. The van der Waals surface area contributed by atoms with Crippen molar-refractivity contribution >= 4 is 40.3 Å². The van der Waals surface area contributed by atoms with Crippen LogP contribution < -0.4 is 5.32 Å². The van der Waals surface area contributed by atoms with Gasteiger partial charge in [0.15, 0.2) is 0 Å². The number of hydrogen-bond acceptors (Lipinski definition) is 4. The van der Waals surface area contributed by atoms with Crippen LogP contribution in [0.3, 0.4) is 0 Å². The molecule has 4 aromatic rings. The molecular weight excluding hydrogens is 488 g/mol. The fraction of sp³-hybridized carbons (Fsp3) is 0.286. The highest BCUT2D eigenvalue weighted by Crippen LogP contribution is 2.34. The molecule has 37 heavy (non-hydrogen) atoms. The number of halogens is 1. The van der Waals surface area contributed by atoms with Gasteiger partial charge in [-0.2, -0.15) is 0 Å². The summed E-state index contributed by atoms with van der Waals surface area (Å²) in [5, 5.41) is 4.55. The molecule has 8 nitrogen and oxygen atoms in total. The van der Waals surface area contributed by atoms with E-state index in [0.29, 0.717) is 30.3 Å². The van der Waals surface area contributed by atoms with Crippen LogP contribution in [0.4, 0.5) is 10.5 Å². The molecule has 188 valence electrons. The van der Waals surface area contributed by atoms with E-state index in [0.717, 1.165) is 47.0 Å². The molecule has 0 spiro atoms. The first-order valence-electron chi connectivity index (χ1n) is 12.6. The number of carbonyl (C=O) groups excluding carboxylic acids is 2. The summed E-state index contributed by atoms with van der Waals surface area (Å²) in [6.45, 7) is 2.10. The molecule has 2 aromatic heterocycles. The summed E-state index contributed by atoms with van der Waals surface area (Å²) in [6, 6.07) is 15.7. The van der Waals surface area contributed by atoms with Gasteiger partial charge in [-0.3, -0.25) is 4.79 Å². The van der Waals surface area contributed by atoms with Gasteiger partial charge in [-0.1, -0.05) is 48.0 Å². The van der Waals surface area contributed by atoms with Gasteiger partial charge >= 0.3 is 6.03 Å². The maximum atomic E-state index is 13.3. The normalized spacial score (nSPS) is 16.4. The average Bonchev–Trinajstić information content (AvgIpc) is 3.18. The zero-order chi connectivity index (χ0) is 25.4. The molecule has 9 heteroatoms. The van der Waals surface area contributed by atoms with E-state index in [2.05, 4.69) is 21.4 Å². The number of nitrogens with zero attached hydrogens (tertiary/aromatic N) is 5. The van der Waals surface area contributed by atoms with Crippen molar-refractivity contribution in [1.82, 2.24) is 24.3 Å². The van der Waals surface area contributed by atoms with E-state index in [1.165, 1.54) is 6.33 Å². The largest absolute Gasteiger partial charge is 0.341 e. The monoisotopic (exact) mass is 514 g/mol. The number of likely N-dealkylation sites (tertiary alicyclic amines) is 1. The van der Waals surface area contributed by atoms with Crippen LogP contribution in [-0.2, 0) is 17.8 Å². The van der Waals surface area contributed by atoms with Crippen LogP contribution in [0.15, 0.2) is 67.3 Å². The number of benzene rings is 2. The average molecular weight is 515 g/mol. The molecule has 0 radical (unpaired) electrons. The molecule has 0 bridgehead atoms. The summed E-state index contributed by atoms with van der Waals surface area (Å²) in [7, 11) is 0. The highest BCUT2D eigenvalue weighted by molar-refractivity contribution is 6.33. The first-order valence-corrected chi connectivity index (χ1v) is 12.9. The van der Waals surface area contributed by atoms with Gasteiger partial charge < -0.3 is 19.7 Å². The van der Waals surface area contributed by atoms with E-state index in [1.54, 1.807) is 6.20 Å². The number of anilines is 1. The molecule has 2 aliphatic heterocycles. The quantitative estimate of drug-likeness (QED) is 0.422. The van der Waals surface area contributed by atoms with Crippen molar-refractivity contribution in [3.63, 3.8) is 0 Å². The van der Waals surface area contributed by atoms with Crippen molar-refractivity contribution in [2.24, 2.45) is 0 Å². The van der Waals surface area contributed by atoms with E-state index in [1.807, 2.05) is 63.0 Å². The predicted molar refractivity (Wildman–Crippen MR) is 143 cm³/mol. The third kappa shape index (κ3) is 4.53. The van der Waals surface area contributed by atoms with E-state index < -0.39 is 0 Å². The summed E-state index contributed by atoms with van der Waals surface area (Å²) in [4.78, 5) is 38.7. The third-order valence-electron chi connectivity index (χ3n) is 7.41. The maximum absolute atomic E-state index is 13.3. The molecule has 1 N–H and O–H groups in total. The number of fused-ring (bicyclic) bond motifs is 2. The van der Waals surface area contributed by atoms with E-state index in [-0.39, 0.29) is 24.5 Å². The van der Waals surface area contributed by atoms with Crippen LogP contribution in [0.5, 0.6) is 0 Å². The molecule has 1 fully saturated rings.